The number of hydrogen-bond donors (Lipinski definition) is 0. The molecule has 12 heteroatoms. The zero-order valence-corrected chi connectivity index (χ0v) is 14.7. The van der Waals surface area contributed by atoms with Crippen LogP contribution in [0.15, 0.2) is 0 Å². The Morgan fingerprint density at radius 2 is 0.500 bits per heavy atom. The van der Waals surface area contributed by atoms with E-state index in [2.05, 4.69) is 20.4 Å². The average molecular weight is 423 g/mol. The van der Waals surface area contributed by atoms with Crippen LogP contribution in [0, 0.1) is 20.4 Å². The Hall–Kier alpha value is 1.25. The van der Waals surface area contributed by atoms with Gasteiger partial charge in [-0.25, -0.2) is 0 Å². The zero-order chi connectivity index (χ0) is 16.4. The third-order valence-corrected chi connectivity index (χ3v) is 0.500. The fourth-order valence-electron chi connectivity index (χ4n) is 0. The van der Waals surface area contributed by atoms with Gasteiger partial charge in [0.15, 0.2) is 0 Å². The van der Waals surface area contributed by atoms with Crippen molar-refractivity contribution in [1.29, 1.82) is 0 Å². The molecule has 0 saturated heterocycles. The summed E-state index contributed by atoms with van der Waals surface area (Å²) in [7, 11) is 8.29. The molecule has 0 aliphatic heterocycles. The van der Waals surface area contributed by atoms with E-state index in [0.29, 0.717) is 0 Å². The Balaban J connectivity index is -0.0000000304. The van der Waals surface area contributed by atoms with E-state index in [4.69, 9.17) is 45.9 Å². The maximum atomic E-state index is 6.26. The third kappa shape index (κ3) is 233. The second-order valence-electron chi connectivity index (χ2n) is 2.05. The molecule has 0 amide bonds. The summed E-state index contributed by atoms with van der Waals surface area (Å²) < 4.78 is 0. The van der Waals surface area contributed by atoms with Gasteiger partial charge < -0.3 is 45.9 Å². The van der Waals surface area contributed by atoms with Gasteiger partial charge in [0.2, 0.25) is 0 Å². The summed E-state index contributed by atoms with van der Waals surface area (Å²) in [6, 6.07) is 0. The molecule has 0 aliphatic rings. The van der Waals surface area contributed by atoms with Crippen LogP contribution in [0.4, 0.5) is 0 Å². The van der Waals surface area contributed by atoms with E-state index in [-0.39, 0.29) is 68.8 Å². The Kier molecular flexibility index (Phi) is 134. The maximum Gasteiger partial charge on any atom is 0 e. The molecular formula is C8H26Cl2N8Ni2-5. The van der Waals surface area contributed by atoms with Gasteiger partial charge in [0.1, 0.15) is 0 Å². The van der Waals surface area contributed by atoms with E-state index < -0.39 is 0 Å². The fourth-order valence-corrected chi connectivity index (χ4v) is 0. The van der Waals surface area contributed by atoms with Crippen molar-refractivity contribution in [3.8, 4) is 0 Å². The molecule has 8 nitrogen and oxygen atoms in total. The van der Waals surface area contributed by atoms with Gasteiger partial charge in [-0.15, -0.1) is 0 Å². The summed E-state index contributed by atoms with van der Waals surface area (Å²) >= 11 is 0.792. The van der Waals surface area contributed by atoms with Gasteiger partial charge in [-0.3, -0.25) is 0 Å². The Labute approximate surface area is 147 Å². The fraction of sp³-hybridized carbons (Fsp3) is 1.00. The SMILES string of the molecule is [ClH+][Ni+][ClH+].[NH-]CC[NH-].[NH-]CC[NH-].[NH-]CC[NH-].[NH-]CC[NH-].[Ni]. The van der Waals surface area contributed by atoms with E-state index in [1.54, 1.807) is 0 Å². The molecule has 137 valence electrons. The van der Waals surface area contributed by atoms with E-state index in [9.17, 15) is 0 Å². The number of nitrogens with one attached hydrogen (secondary N) is 8. The predicted molar refractivity (Wildman–Crippen MR) is 76.3 cm³/mol. The topological polar surface area (TPSA) is 190 Å². The first-order chi connectivity index (χ1) is 9.07. The normalized spacial score (nSPS) is 7.10. The summed E-state index contributed by atoms with van der Waals surface area (Å²) in [5.41, 5.74) is 50.1. The maximum absolute atomic E-state index is 6.26. The van der Waals surface area contributed by atoms with Crippen LogP contribution in [0.3, 0.4) is 0 Å². The molecule has 0 saturated carbocycles. The van der Waals surface area contributed by atoms with Gasteiger partial charge in [-0.05, 0) is 0 Å². The summed E-state index contributed by atoms with van der Waals surface area (Å²) in [4.78, 5) is 0. The molecule has 0 radical (unpaired) electrons. The van der Waals surface area contributed by atoms with Crippen LogP contribution >= 0.6 is 0 Å². The van der Waals surface area contributed by atoms with Crippen LogP contribution in [0.1, 0.15) is 0 Å². The molecule has 0 aliphatic carbocycles. The van der Waals surface area contributed by atoms with Crippen molar-refractivity contribution < 1.29 is 49.5 Å². The van der Waals surface area contributed by atoms with Crippen molar-refractivity contribution in [3.05, 3.63) is 45.9 Å². The van der Waals surface area contributed by atoms with Gasteiger partial charge in [0.25, 0.3) is 0 Å². The first-order valence-electron chi connectivity index (χ1n) is 5.09. The Bertz CT molecular complexity index is 67.5. The number of halogens is 2. The molecule has 0 spiro atoms. The van der Waals surface area contributed by atoms with E-state index >= 15 is 0 Å². The molecule has 0 heterocycles. The summed E-state index contributed by atoms with van der Waals surface area (Å²) in [6.07, 6.45) is 0. The van der Waals surface area contributed by atoms with Crippen molar-refractivity contribution in [1.82, 2.24) is 0 Å². The first kappa shape index (κ1) is 37.5. The van der Waals surface area contributed by atoms with Gasteiger partial charge >= 0.3 is 33.0 Å². The molecule has 0 bridgehead atoms. The molecule has 0 fully saturated rings. The van der Waals surface area contributed by atoms with Crippen molar-refractivity contribution in [2.75, 3.05) is 52.4 Å². The number of rotatable bonds is 4. The van der Waals surface area contributed by atoms with Crippen LogP contribution in [0.25, 0.3) is 45.9 Å². The van der Waals surface area contributed by atoms with Crippen molar-refractivity contribution in [2.45, 2.75) is 0 Å². The van der Waals surface area contributed by atoms with Gasteiger partial charge in [0.05, 0.1) is 0 Å². The monoisotopic (exact) mass is 420 g/mol. The smallest absolute Gasteiger partial charge is 0 e. The third-order valence-electron chi connectivity index (χ3n) is 0.500. The quantitative estimate of drug-likeness (QED) is 0.595. The molecule has 0 aromatic carbocycles. The van der Waals surface area contributed by atoms with Crippen LogP contribution in [0.5, 0.6) is 0 Å². The molecule has 0 aromatic heterocycles. The average Bonchev–Trinajstić information content (AvgIpc) is 2.48. The van der Waals surface area contributed by atoms with Gasteiger partial charge in [0, 0.05) is 16.5 Å². The van der Waals surface area contributed by atoms with Gasteiger partial charge in [-0.2, -0.15) is 52.4 Å². The first-order valence-corrected chi connectivity index (χ1v) is 8.02. The summed E-state index contributed by atoms with van der Waals surface area (Å²) in [5.74, 6) is 0. The molecular weight excluding hydrogens is 396 g/mol. The zero-order valence-electron chi connectivity index (χ0n) is 11.1. The van der Waals surface area contributed by atoms with Crippen LogP contribution in [-0.4, -0.2) is 52.4 Å². The second-order valence-corrected chi connectivity index (χ2v) is 3.96. The minimum absolute atomic E-state index is 0. The van der Waals surface area contributed by atoms with Crippen LogP contribution in [0.2, 0.25) is 0 Å². The van der Waals surface area contributed by atoms with Crippen molar-refractivity contribution >= 4 is 0 Å². The second kappa shape index (κ2) is 71.4. The minimum atomic E-state index is 0. The summed E-state index contributed by atoms with van der Waals surface area (Å²) in [5, 5.41) is 0. The standard InChI is InChI=1S/4C2H6N2.2ClH.2Ni/c4*3-1-2-4;;;;/h4*3-4H,1-2H2;2*1H;;/q4*-2;;;;+3. The van der Waals surface area contributed by atoms with E-state index in [1.165, 1.54) is 0 Å². The molecule has 8 N–H and O–H groups in total. The molecule has 0 rings (SSSR count). The van der Waals surface area contributed by atoms with Crippen LogP contribution in [-0.2, 0) is 29.1 Å². The molecule has 0 atom stereocenters. The van der Waals surface area contributed by atoms with Crippen molar-refractivity contribution in [2.24, 2.45) is 0 Å². The Morgan fingerprint density at radius 1 is 0.450 bits per heavy atom. The minimum Gasteiger partial charge on any atom is -0.679 e. The van der Waals surface area contributed by atoms with Crippen molar-refractivity contribution in [3.63, 3.8) is 0 Å². The Morgan fingerprint density at radius 3 is 0.500 bits per heavy atom. The van der Waals surface area contributed by atoms with Gasteiger partial charge in [-0.1, -0.05) is 0 Å². The number of hydrogen-bond acceptors (Lipinski definition) is 0. The molecule has 20 heavy (non-hydrogen) atoms. The van der Waals surface area contributed by atoms with Crippen LogP contribution < -0.4 is 0 Å². The molecule has 0 unspecified atom stereocenters. The largest absolute Gasteiger partial charge is 0.679 e. The van der Waals surface area contributed by atoms with E-state index in [0.717, 1.165) is 12.7 Å². The summed E-state index contributed by atoms with van der Waals surface area (Å²) in [6.45, 7) is 1.89. The predicted octanol–water partition coefficient (Wildman–Crippen LogP) is 3.82. The molecule has 0 aromatic rings. The van der Waals surface area contributed by atoms with E-state index in [1.807, 2.05) is 0 Å².